The summed E-state index contributed by atoms with van der Waals surface area (Å²) >= 11 is 14.1. The molecule has 0 saturated heterocycles. The van der Waals surface area contributed by atoms with Crippen molar-refractivity contribution in [2.24, 2.45) is 5.92 Å². The Labute approximate surface area is 137 Å². The first-order chi connectivity index (χ1) is 9.52. The SMILES string of the molecule is CCCNC(CSCC(C)C)Cc1ccc(Cl)c(Cl)c1. The van der Waals surface area contributed by atoms with Crippen LogP contribution >= 0.6 is 35.0 Å². The summed E-state index contributed by atoms with van der Waals surface area (Å²) in [6.45, 7) is 7.79. The molecule has 0 radical (unpaired) electrons. The van der Waals surface area contributed by atoms with Crippen molar-refractivity contribution in [3.05, 3.63) is 33.8 Å². The summed E-state index contributed by atoms with van der Waals surface area (Å²) in [4.78, 5) is 0. The van der Waals surface area contributed by atoms with Gasteiger partial charge in [0.1, 0.15) is 0 Å². The predicted molar refractivity (Wildman–Crippen MR) is 94.4 cm³/mol. The monoisotopic (exact) mass is 333 g/mol. The van der Waals surface area contributed by atoms with Gasteiger partial charge < -0.3 is 5.32 Å². The minimum absolute atomic E-state index is 0.496. The number of hydrogen-bond acceptors (Lipinski definition) is 2. The van der Waals surface area contributed by atoms with Crippen LogP contribution in [0, 0.1) is 5.92 Å². The van der Waals surface area contributed by atoms with Gasteiger partial charge in [-0.1, -0.05) is 50.0 Å². The van der Waals surface area contributed by atoms with Crippen LogP contribution in [-0.4, -0.2) is 24.1 Å². The highest BCUT2D eigenvalue weighted by Gasteiger charge is 2.10. The van der Waals surface area contributed by atoms with Crippen molar-refractivity contribution in [3.63, 3.8) is 0 Å². The zero-order chi connectivity index (χ0) is 15.0. The van der Waals surface area contributed by atoms with E-state index in [2.05, 4.69) is 32.2 Å². The second kappa shape index (κ2) is 9.94. The van der Waals surface area contributed by atoms with Crippen molar-refractivity contribution in [1.29, 1.82) is 0 Å². The third-order valence-electron chi connectivity index (χ3n) is 2.92. The summed E-state index contributed by atoms with van der Waals surface area (Å²) in [7, 11) is 0. The van der Waals surface area contributed by atoms with Crippen LogP contribution in [0.15, 0.2) is 18.2 Å². The van der Waals surface area contributed by atoms with E-state index >= 15 is 0 Å². The van der Waals surface area contributed by atoms with Crippen LogP contribution in [0.1, 0.15) is 32.8 Å². The summed E-state index contributed by atoms with van der Waals surface area (Å²) in [5.41, 5.74) is 1.25. The highest BCUT2D eigenvalue weighted by Crippen LogP contribution is 2.23. The zero-order valence-corrected chi connectivity index (χ0v) is 14.9. The second-order valence-electron chi connectivity index (χ2n) is 5.53. The molecular formula is C16H25Cl2NS. The molecular weight excluding hydrogens is 309 g/mol. The van der Waals surface area contributed by atoms with E-state index < -0.39 is 0 Å². The van der Waals surface area contributed by atoms with Gasteiger partial charge in [-0.05, 0) is 48.8 Å². The highest BCUT2D eigenvalue weighted by atomic mass is 35.5. The summed E-state index contributed by atoms with van der Waals surface area (Å²) in [5, 5.41) is 4.90. The molecule has 1 nitrogen and oxygen atoms in total. The molecule has 1 atom stereocenters. The van der Waals surface area contributed by atoms with Gasteiger partial charge in [0, 0.05) is 11.8 Å². The van der Waals surface area contributed by atoms with Crippen LogP contribution in [0.2, 0.25) is 10.0 Å². The van der Waals surface area contributed by atoms with Crippen LogP contribution in [0.5, 0.6) is 0 Å². The fourth-order valence-electron chi connectivity index (χ4n) is 1.94. The van der Waals surface area contributed by atoms with Crippen molar-refractivity contribution in [1.82, 2.24) is 5.32 Å². The van der Waals surface area contributed by atoms with E-state index in [4.69, 9.17) is 23.2 Å². The maximum atomic E-state index is 6.09. The van der Waals surface area contributed by atoms with Crippen LogP contribution in [-0.2, 0) is 6.42 Å². The Morgan fingerprint density at radius 1 is 1.15 bits per heavy atom. The number of hydrogen-bond donors (Lipinski definition) is 1. The lowest BCUT2D eigenvalue weighted by Crippen LogP contribution is -2.34. The lowest BCUT2D eigenvalue weighted by Gasteiger charge is -2.19. The van der Waals surface area contributed by atoms with Gasteiger partial charge in [0.05, 0.1) is 10.0 Å². The van der Waals surface area contributed by atoms with Crippen molar-refractivity contribution in [2.75, 3.05) is 18.1 Å². The molecule has 0 aliphatic carbocycles. The van der Waals surface area contributed by atoms with E-state index in [9.17, 15) is 0 Å². The van der Waals surface area contributed by atoms with Crippen LogP contribution < -0.4 is 5.32 Å². The Morgan fingerprint density at radius 3 is 2.50 bits per heavy atom. The third-order valence-corrected chi connectivity index (χ3v) is 5.20. The topological polar surface area (TPSA) is 12.0 Å². The highest BCUT2D eigenvalue weighted by molar-refractivity contribution is 7.99. The summed E-state index contributed by atoms with van der Waals surface area (Å²) in [5.74, 6) is 3.10. The Balaban J connectivity index is 2.55. The molecule has 0 bridgehead atoms. The molecule has 20 heavy (non-hydrogen) atoms. The lowest BCUT2D eigenvalue weighted by molar-refractivity contribution is 0.549. The first-order valence-electron chi connectivity index (χ1n) is 7.28. The molecule has 1 N–H and O–H groups in total. The van der Waals surface area contributed by atoms with Crippen LogP contribution in [0.3, 0.4) is 0 Å². The maximum absolute atomic E-state index is 6.09. The van der Waals surface area contributed by atoms with Gasteiger partial charge >= 0.3 is 0 Å². The van der Waals surface area contributed by atoms with Gasteiger partial charge in [0.15, 0.2) is 0 Å². The van der Waals surface area contributed by atoms with Gasteiger partial charge in [-0.15, -0.1) is 0 Å². The van der Waals surface area contributed by atoms with Crippen molar-refractivity contribution in [3.8, 4) is 0 Å². The molecule has 0 heterocycles. The molecule has 0 aromatic heterocycles. The van der Waals surface area contributed by atoms with Crippen molar-refractivity contribution < 1.29 is 0 Å². The fourth-order valence-corrected chi connectivity index (χ4v) is 3.38. The first-order valence-corrected chi connectivity index (χ1v) is 9.19. The van der Waals surface area contributed by atoms with Gasteiger partial charge in [-0.2, -0.15) is 11.8 Å². The Bertz CT molecular complexity index is 396. The molecule has 1 aromatic carbocycles. The van der Waals surface area contributed by atoms with E-state index in [1.165, 1.54) is 11.3 Å². The Morgan fingerprint density at radius 2 is 1.90 bits per heavy atom. The van der Waals surface area contributed by atoms with E-state index in [0.29, 0.717) is 16.1 Å². The van der Waals surface area contributed by atoms with Crippen molar-refractivity contribution >= 4 is 35.0 Å². The Hall–Kier alpha value is 0.110. The average molecular weight is 334 g/mol. The molecule has 1 unspecified atom stereocenters. The molecule has 0 aliphatic rings. The zero-order valence-electron chi connectivity index (χ0n) is 12.6. The first kappa shape index (κ1) is 18.2. The van der Waals surface area contributed by atoms with Gasteiger partial charge in [0.2, 0.25) is 0 Å². The van der Waals surface area contributed by atoms with E-state index in [1.807, 2.05) is 23.9 Å². The lowest BCUT2D eigenvalue weighted by atomic mass is 10.1. The fraction of sp³-hybridized carbons (Fsp3) is 0.625. The molecule has 0 saturated carbocycles. The normalized spacial score (nSPS) is 12.9. The van der Waals surface area contributed by atoms with E-state index in [1.54, 1.807) is 0 Å². The minimum atomic E-state index is 0.496. The molecule has 4 heteroatoms. The average Bonchev–Trinajstić information content (AvgIpc) is 2.39. The standard InChI is InChI=1S/C16H25Cl2NS/c1-4-7-19-14(11-20-10-12(2)3)8-13-5-6-15(17)16(18)9-13/h5-6,9,12,14,19H,4,7-8,10-11H2,1-3H3. The molecule has 0 amide bonds. The molecule has 1 aromatic rings. The van der Waals surface area contributed by atoms with Gasteiger partial charge in [0.25, 0.3) is 0 Å². The predicted octanol–water partition coefficient (Wildman–Crippen LogP) is 5.29. The smallest absolute Gasteiger partial charge is 0.0595 e. The van der Waals surface area contributed by atoms with Gasteiger partial charge in [-0.3, -0.25) is 0 Å². The number of rotatable bonds is 9. The minimum Gasteiger partial charge on any atom is -0.313 e. The number of benzene rings is 1. The number of halogens is 2. The van der Waals surface area contributed by atoms with E-state index in [-0.39, 0.29) is 0 Å². The quantitative estimate of drug-likeness (QED) is 0.658. The molecule has 1 rings (SSSR count). The van der Waals surface area contributed by atoms with Crippen LogP contribution in [0.4, 0.5) is 0 Å². The summed E-state index contributed by atoms with van der Waals surface area (Å²) in [6.07, 6.45) is 2.16. The van der Waals surface area contributed by atoms with E-state index in [0.717, 1.165) is 31.1 Å². The number of thioether (sulfide) groups is 1. The van der Waals surface area contributed by atoms with Gasteiger partial charge in [-0.25, -0.2) is 0 Å². The molecule has 114 valence electrons. The molecule has 0 spiro atoms. The van der Waals surface area contributed by atoms with Crippen molar-refractivity contribution in [2.45, 2.75) is 39.7 Å². The third kappa shape index (κ3) is 7.21. The largest absolute Gasteiger partial charge is 0.313 e. The molecule has 0 fully saturated rings. The molecule has 0 aliphatic heterocycles. The Kier molecular flexibility index (Phi) is 9.03. The van der Waals surface area contributed by atoms with Crippen LogP contribution in [0.25, 0.3) is 0 Å². The summed E-state index contributed by atoms with van der Waals surface area (Å²) < 4.78 is 0. The summed E-state index contributed by atoms with van der Waals surface area (Å²) in [6, 6.07) is 6.44. The number of nitrogens with one attached hydrogen (secondary N) is 1. The maximum Gasteiger partial charge on any atom is 0.0595 e. The second-order valence-corrected chi connectivity index (χ2v) is 7.42.